The van der Waals surface area contributed by atoms with E-state index < -0.39 is 0 Å². The van der Waals surface area contributed by atoms with E-state index in [4.69, 9.17) is 23.2 Å². The minimum Gasteiger partial charge on any atom is -0.360 e. The molecule has 0 spiro atoms. The molecule has 0 amide bonds. The van der Waals surface area contributed by atoms with Crippen molar-refractivity contribution in [1.29, 1.82) is 5.26 Å². The van der Waals surface area contributed by atoms with Crippen LogP contribution in [0.15, 0.2) is 54.0 Å². The van der Waals surface area contributed by atoms with Crippen molar-refractivity contribution >= 4 is 45.8 Å². The van der Waals surface area contributed by atoms with E-state index in [1.807, 2.05) is 36.6 Å². The lowest BCUT2D eigenvalue weighted by molar-refractivity contribution is 1.36. The molecule has 3 rings (SSSR count). The normalized spacial score (nSPS) is 11.2. The molecule has 1 heterocycles. The Bertz CT molecular complexity index is 969. The molecule has 0 unspecified atom stereocenters. The Labute approximate surface area is 160 Å². The Morgan fingerprint density at radius 2 is 1.92 bits per heavy atom. The van der Waals surface area contributed by atoms with E-state index in [-0.39, 0.29) is 0 Å². The molecule has 0 aliphatic carbocycles. The van der Waals surface area contributed by atoms with Gasteiger partial charge in [-0.15, -0.1) is 11.3 Å². The van der Waals surface area contributed by atoms with Gasteiger partial charge in [0.25, 0.3) is 0 Å². The Morgan fingerprint density at radius 3 is 2.60 bits per heavy atom. The molecule has 3 nitrogen and oxygen atoms in total. The highest BCUT2D eigenvalue weighted by atomic mass is 35.5. The third-order valence-corrected chi connectivity index (χ3v) is 5.12. The number of hydrogen-bond donors (Lipinski definition) is 1. The van der Waals surface area contributed by atoms with Crippen LogP contribution in [0.2, 0.25) is 10.0 Å². The number of allylic oxidation sites excluding steroid dienone is 1. The Balaban J connectivity index is 1.82. The molecule has 1 aromatic heterocycles. The van der Waals surface area contributed by atoms with Gasteiger partial charge in [0, 0.05) is 22.8 Å². The zero-order valence-electron chi connectivity index (χ0n) is 13.3. The topological polar surface area (TPSA) is 48.7 Å². The highest BCUT2D eigenvalue weighted by Crippen LogP contribution is 2.28. The van der Waals surface area contributed by atoms with E-state index >= 15 is 0 Å². The second-order valence-electron chi connectivity index (χ2n) is 5.35. The van der Waals surface area contributed by atoms with Gasteiger partial charge in [0.15, 0.2) is 0 Å². The molecule has 3 aromatic rings. The van der Waals surface area contributed by atoms with Crippen molar-refractivity contribution in [3.05, 3.63) is 74.7 Å². The van der Waals surface area contributed by atoms with E-state index in [1.165, 1.54) is 16.9 Å². The van der Waals surface area contributed by atoms with Crippen molar-refractivity contribution in [2.75, 3.05) is 5.32 Å². The van der Waals surface area contributed by atoms with Crippen LogP contribution in [0.1, 0.15) is 10.6 Å². The lowest BCUT2D eigenvalue weighted by atomic mass is 10.1. The van der Waals surface area contributed by atoms with Crippen molar-refractivity contribution in [3.8, 4) is 17.3 Å². The number of thiazole rings is 1. The lowest BCUT2D eigenvalue weighted by Crippen LogP contribution is -1.91. The summed E-state index contributed by atoms with van der Waals surface area (Å²) in [6, 6.07) is 15.5. The van der Waals surface area contributed by atoms with Gasteiger partial charge in [0.1, 0.15) is 16.6 Å². The zero-order valence-corrected chi connectivity index (χ0v) is 15.6. The van der Waals surface area contributed by atoms with Crippen molar-refractivity contribution in [2.24, 2.45) is 0 Å². The number of anilines is 1. The first-order chi connectivity index (χ1) is 12.1. The summed E-state index contributed by atoms with van der Waals surface area (Å²) < 4.78 is 0. The van der Waals surface area contributed by atoms with Crippen molar-refractivity contribution in [3.63, 3.8) is 0 Å². The minimum atomic E-state index is 0.453. The van der Waals surface area contributed by atoms with Crippen LogP contribution < -0.4 is 5.32 Å². The molecule has 0 saturated carbocycles. The fraction of sp³-hybridized carbons (Fsp3) is 0.0526. The van der Waals surface area contributed by atoms with Gasteiger partial charge in [-0.3, -0.25) is 0 Å². The molecule has 0 atom stereocenters. The average molecular weight is 386 g/mol. The molecule has 0 saturated heterocycles. The van der Waals surface area contributed by atoms with E-state index in [0.717, 1.165) is 16.9 Å². The van der Waals surface area contributed by atoms with E-state index in [1.54, 1.807) is 24.4 Å². The second kappa shape index (κ2) is 7.71. The molecular weight excluding hydrogens is 373 g/mol. The molecule has 1 N–H and O–H groups in total. The van der Waals surface area contributed by atoms with Crippen LogP contribution in [-0.2, 0) is 0 Å². The maximum absolute atomic E-state index is 9.43. The summed E-state index contributed by atoms with van der Waals surface area (Å²) in [6.07, 6.45) is 1.62. The fourth-order valence-corrected chi connectivity index (χ4v) is 3.23. The van der Waals surface area contributed by atoms with Crippen LogP contribution in [0.4, 0.5) is 5.69 Å². The van der Waals surface area contributed by atoms with Crippen LogP contribution in [0.25, 0.3) is 16.8 Å². The standard InChI is InChI=1S/C19H13Cl2N3S/c1-12-2-4-13(5-3-12)18-11-25-19(24-18)14(9-22)10-23-15-6-7-16(20)17(21)8-15/h2-8,10-11,23H,1H3. The van der Waals surface area contributed by atoms with Crippen molar-refractivity contribution in [1.82, 2.24) is 4.98 Å². The number of rotatable bonds is 4. The molecule has 0 radical (unpaired) electrons. The number of hydrogen-bond acceptors (Lipinski definition) is 4. The molecule has 0 aliphatic heterocycles. The summed E-state index contributed by atoms with van der Waals surface area (Å²) in [7, 11) is 0. The van der Waals surface area contributed by atoms with Gasteiger partial charge in [-0.2, -0.15) is 5.26 Å². The van der Waals surface area contributed by atoms with Crippen molar-refractivity contribution in [2.45, 2.75) is 6.92 Å². The Morgan fingerprint density at radius 1 is 1.16 bits per heavy atom. The smallest absolute Gasteiger partial charge is 0.136 e. The summed E-state index contributed by atoms with van der Waals surface area (Å²) in [5.41, 5.74) is 4.29. The van der Waals surface area contributed by atoms with E-state index in [2.05, 4.69) is 16.4 Å². The quantitative estimate of drug-likeness (QED) is 0.528. The van der Waals surface area contributed by atoms with Gasteiger partial charge < -0.3 is 5.32 Å². The van der Waals surface area contributed by atoms with Crippen LogP contribution in [0, 0.1) is 18.3 Å². The zero-order chi connectivity index (χ0) is 17.8. The summed E-state index contributed by atoms with van der Waals surface area (Å²) >= 11 is 13.3. The highest BCUT2D eigenvalue weighted by Gasteiger charge is 2.09. The number of benzene rings is 2. The molecule has 0 bridgehead atoms. The third kappa shape index (κ3) is 4.21. The SMILES string of the molecule is Cc1ccc(-c2csc(C(C#N)=CNc3ccc(Cl)c(Cl)c3)n2)cc1. The third-order valence-electron chi connectivity index (χ3n) is 3.51. The molecule has 2 aromatic carbocycles. The first kappa shape index (κ1) is 17.5. The van der Waals surface area contributed by atoms with Gasteiger partial charge in [0.2, 0.25) is 0 Å². The van der Waals surface area contributed by atoms with Gasteiger partial charge in [-0.1, -0.05) is 53.0 Å². The van der Waals surface area contributed by atoms with Gasteiger partial charge in [-0.25, -0.2) is 4.98 Å². The monoisotopic (exact) mass is 385 g/mol. The molecule has 6 heteroatoms. The number of nitriles is 1. The number of aryl methyl sites for hydroxylation is 1. The van der Waals surface area contributed by atoms with Crippen LogP contribution >= 0.6 is 34.5 Å². The summed E-state index contributed by atoms with van der Waals surface area (Å²) in [6.45, 7) is 2.04. The van der Waals surface area contributed by atoms with Crippen molar-refractivity contribution < 1.29 is 0 Å². The lowest BCUT2D eigenvalue weighted by Gasteiger charge is -2.03. The maximum Gasteiger partial charge on any atom is 0.136 e. The summed E-state index contributed by atoms with van der Waals surface area (Å²) in [5.74, 6) is 0. The summed E-state index contributed by atoms with van der Waals surface area (Å²) in [4.78, 5) is 4.57. The number of nitrogens with one attached hydrogen (secondary N) is 1. The highest BCUT2D eigenvalue weighted by molar-refractivity contribution is 7.11. The fourth-order valence-electron chi connectivity index (χ4n) is 2.14. The predicted octanol–water partition coefficient (Wildman–Crippen LogP) is 6.40. The maximum atomic E-state index is 9.43. The largest absolute Gasteiger partial charge is 0.360 e. The van der Waals surface area contributed by atoms with E-state index in [9.17, 15) is 5.26 Å². The van der Waals surface area contributed by atoms with Crippen LogP contribution in [-0.4, -0.2) is 4.98 Å². The average Bonchev–Trinajstić information content (AvgIpc) is 3.09. The minimum absolute atomic E-state index is 0.453. The second-order valence-corrected chi connectivity index (χ2v) is 7.02. The molecular formula is C19H13Cl2N3S. The van der Waals surface area contributed by atoms with Crippen LogP contribution in [0.5, 0.6) is 0 Å². The van der Waals surface area contributed by atoms with Gasteiger partial charge in [0.05, 0.1) is 15.7 Å². The Kier molecular flexibility index (Phi) is 5.40. The van der Waals surface area contributed by atoms with E-state index in [0.29, 0.717) is 20.6 Å². The molecule has 0 aliphatic rings. The number of halogens is 2. The molecule has 0 fully saturated rings. The molecule has 25 heavy (non-hydrogen) atoms. The molecule has 124 valence electrons. The number of aromatic nitrogens is 1. The number of nitrogens with zero attached hydrogens (tertiary/aromatic N) is 2. The summed E-state index contributed by atoms with van der Waals surface area (Å²) in [5, 5.41) is 16.0. The Hall–Kier alpha value is -2.32. The first-order valence-corrected chi connectivity index (χ1v) is 9.05. The van der Waals surface area contributed by atoms with Crippen LogP contribution in [0.3, 0.4) is 0 Å². The first-order valence-electron chi connectivity index (χ1n) is 7.41. The predicted molar refractivity (Wildman–Crippen MR) is 106 cm³/mol. The van der Waals surface area contributed by atoms with Gasteiger partial charge in [-0.05, 0) is 25.1 Å². The van der Waals surface area contributed by atoms with Gasteiger partial charge >= 0.3 is 0 Å².